The number of allylic oxidation sites excluding steroid dienone is 3. The zero-order valence-electron chi connectivity index (χ0n) is 18.5. The van der Waals surface area contributed by atoms with E-state index in [2.05, 4.69) is 71.3 Å². The van der Waals surface area contributed by atoms with Gasteiger partial charge in [-0.2, -0.15) is 0 Å². The van der Waals surface area contributed by atoms with Crippen molar-refractivity contribution in [1.29, 1.82) is 0 Å². The Morgan fingerprint density at radius 3 is 2.45 bits per heavy atom. The van der Waals surface area contributed by atoms with Gasteiger partial charge >= 0.3 is 0 Å². The normalized spacial score (nSPS) is 16.6. The van der Waals surface area contributed by atoms with Crippen LogP contribution in [0.3, 0.4) is 0 Å². The molecule has 1 unspecified atom stereocenters. The Labute approximate surface area is 176 Å². The number of benzene rings is 1. The molecule has 1 aliphatic rings. The van der Waals surface area contributed by atoms with Gasteiger partial charge in [-0.1, -0.05) is 70.6 Å². The zero-order chi connectivity index (χ0) is 21.8. The lowest BCUT2D eigenvalue weighted by Gasteiger charge is -2.29. The Balaban J connectivity index is 1.97. The summed E-state index contributed by atoms with van der Waals surface area (Å²) in [5, 5.41) is 3.16. The summed E-state index contributed by atoms with van der Waals surface area (Å²) >= 11 is 0. The number of halogens is 2. The first kappa shape index (κ1) is 23.4. The van der Waals surface area contributed by atoms with E-state index in [4.69, 9.17) is 0 Å². The van der Waals surface area contributed by atoms with Crippen molar-refractivity contribution in [3.05, 3.63) is 65.9 Å². The van der Waals surface area contributed by atoms with Crippen LogP contribution in [0.4, 0.5) is 8.78 Å². The van der Waals surface area contributed by atoms with Gasteiger partial charge in [0.15, 0.2) is 0 Å². The molecule has 0 saturated heterocycles. The first-order chi connectivity index (χ1) is 13.4. The van der Waals surface area contributed by atoms with Gasteiger partial charge in [0.2, 0.25) is 0 Å². The van der Waals surface area contributed by atoms with Gasteiger partial charge in [0, 0.05) is 5.70 Å². The number of nitrogens with one attached hydrogen (secondary N) is 1. The van der Waals surface area contributed by atoms with Gasteiger partial charge < -0.3 is 5.32 Å². The highest BCUT2D eigenvalue weighted by atomic mass is 19.3. The van der Waals surface area contributed by atoms with Gasteiger partial charge in [0.05, 0.1) is 6.42 Å². The van der Waals surface area contributed by atoms with Crippen LogP contribution in [-0.2, 0) is 12.7 Å². The Morgan fingerprint density at radius 1 is 1.14 bits per heavy atom. The summed E-state index contributed by atoms with van der Waals surface area (Å²) in [5.74, 6) is -2.70. The minimum Gasteiger partial charge on any atom is -0.394 e. The molecule has 1 nitrogen and oxygen atoms in total. The van der Waals surface area contributed by atoms with Crippen LogP contribution in [0.1, 0.15) is 70.1 Å². The van der Waals surface area contributed by atoms with E-state index in [1.54, 1.807) is 0 Å². The van der Waals surface area contributed by atoms with Gasteiger partial charge in [-0.3, -0.25) is 0 Å². The summed E-state index contributed by atoms with van der Waals surface area (Å²) in [5.41, 5.74) is 6.80. The molecule has 1 heterocycles. The van der Waals surface area contributed by atoms with E-state index in [1.165, 1.54) is 27.8 Å². The summed E-state index contributed by atoms with van der Waals surface area (Å²) in [4.78, 5) is 0. The highest BCUT2D eigenvalue weighted by molar-refractivity contribution is 6.38. The first-order valence-electron chi connectivity index (χ1n) is 10.5. The molecule has 2 rings (SSSR count). The molecule has 0 saturated carbocycles. The quantitative estimate of drug-likeness (QED) is 0.360. The van der Waals surface area contributed by atoms with Crippen molar-refractivity contribution in [3.63, 3.8) is 0 Å². The highest BCUT2D eigenvalue weighted by Crippen LogP contribution is 2.32. The monoisotopic (exact) mass is 398 g/mol. The SMILES string of the molecule is C=C(CC(C)(F)F)NC1[B]Cc2c(cccc2C(=C)CCCC(=C)C(C)(C)C)C1. The molecule has 0 amide bonds. The van der Waals surface area contributed by atoms with Crippen molar-refractivity contribution in [2.45, 2.75) is 78.0 Å². The van der Waals surface area contributed by atoms with E-state index in [-0.39, 0.29) is 17.8 Å². The largest absolute Gasteiger partial charge is 0.394 e. The topological polar surface area (TPSA) is 12.0 Å². The third-order valence-electron chi connectivity index (χ3n) is 5.63. The highest BCUT2D eigenvalue weighted by Gasteiger charge is 2.26. The summed E-state index contributed by atoms with van der Waals surface area (Å²) in [6, 6.07) is 6.36. The molecule has 0 bridgehead atoms. The number of rotatable bonds is 9. The van der Waals surface area contributed by atoms with Gasteiger partial charge in [-0.25, -0.2) is 8.78 Å². The van der Waals surface area contributed by atoms with Crippen LogP contribution >= 0.6 is 0 Å². The standard InChI is InChI=1S/C25H35BF2N/c1-17(10-8-11-18(2)24(4,5)6)21-13-9-12-20-14-23(26-16-22(20)21)29-19(3)15-25(7,27)28/h9,12-13,23,29H,1-3,8,10-11,14-16H2,4-7H3. The van der Waals surface area contributed by atoms with Crippen LogP contribution in [-0.4, -0.2) is 19.1 Å². The van der Waals surface area contributed by atoms with Crippen molar-refractivity contribution in [3.8, 4) is 0 Å². The van der Waals surface area contributed by atoms with Gasteiger partial charge in [-0.15, -0.1) is 0 Å². The van der Waals surface area contributed by atoms with Crippen LogP contribution in [0.15, 0.2) is 49.2 Å². The van der Waals surface area contributed by atoms with Gasteiger partial charge in [-0.05, 0) is 66.2 Å². The predicted octanol–water partition coefficient (Wildman–Crippen LogP) is 6.71. The van der Waals surface area contributed by atoms with E-state index < -0.39 is 5.92 Å². The molecule has 1 aliphatic heterocycles. The van der Waals surface area contributed by atoms with Crippen molar-refractivity contribution < 1.29 is 8.78 Å². The second kappa shape index (κ2) is 9.32. The van der Waals surface area contributed by atoms with E-state index in [1.807, 2.05) is 0 Å². The van der Waals surface area contributed by atoms with Crippen LogP contribution in [0.5, 0.6) is 0 Å². The number of fused-ring (bicyclic) bond motifs is 1. The Morgan fingerprint density at radius 2 is 1.83 bits per heavy atom. The third-order valence-corrected chi connectivity index (χ3v) is 5.63. The molecule has 157 valence electrons. The van der Waals surface area contributed by atoms with E-state index in [0.29, 0.717) is 5.70 Å². The van der Waals surface area contributed by atoms with Crippen molar-refractivity contribution in [1.82, 2.24) is 5.32 Å². The Bertz CT molecular complexity index is 768. The lowest BCUT2D eigenvalue weighted by Crippen LogP contribution is -2.41. The zero-order valence-corrected chi connectivity index (χ0v) is 18.5. The van der Waals surface area contributed by atoms with Crippen molar-refractivity contribution in [2.75, 3.05) is 0 Å². The summed E-state index contributed by atoms with van der Waals surface area (Å²) in [6.07, 6.45) is 4.28. The minimum atomic E-state index is -2.74. The molecular weight excluding hydrogens is 363 g/mol. The second-order valence-corrected chi connectivity index (χ2v) is 9.50. The summed E-state index contributed by atoms with van der Waals surface area (Å²) < 4.78 is 26.4. The molecule has 0 fully saturated rings. The smallest absolute Gasteiger partial charge is 0.250 e. The van der Waals surface area contributed by atoms with Gasteiger partial charge in [0.1, 0.15) is 7.28 Å². The molecule has 1 radical (unpaired) electrons. The molecule has 4 heteroatoms. The molecule has 0 aliphatic carbocycles. The fraction of sp³-hybridized carbons (Fsp3) is 0.520. The fourth-order valence-electron chi connectivity index (χ4n) is 3.80. The summed E-state index contributed by atoms with van der Waals surface area (Å²) in [6.45, 7) is 19.9. The molecular formula is C25H35BF2N. The molecule has 0 aromatic heterocycles. The summed E-state index contributed by atoms with van der Waals surface area (Å²) in [7, 11) is 2.17. The minimum absolute atomic E-state index is 0.0379. The molecule has 0 spiro atoms. The van der Waals surface area contributed by atoms with Crippen molar-refractivity contribution >= 4 is 12.9 Å². The average Bonchev–Trinajstić information content (AvgIpc) is 2.58. The first-order valence-corrected chi connectivity index (χ1v) is 10.5. The average molecular weight is 398 g/mol. The third kappa shape index (κ3) is 7.17. The number of hydrogen-bond acceptors (Lipinski definition) is 1. The number of alkyl halides is 2. The maximum absolute atomic E-state index is 13.2. The molecule has 1 aromatic carbocycles. The maximum Gasteiger partial charge on any atom is 0.250 e. The number of hydrogen-bond donors (Lipinski definition) is 1. The maximum atomic E-state index is 13.2. The van der Waals surface area contributed by atoms with Crippen LogP contribution in [0.25, 0.3) is 5.57 Å². The molecule has 29 heavy (non-hydrogen) atoms. The van der Waals surface area contributed by atoms with E-state index >= 15 is 0 Å². The Kier molecular flexibility index (Phi) is 7.53. The van der Waals surface area contributed by atoms with E-state index in [0.717, 1.165) is 38.9 Å². The van der Waals surface area contributed by atoms with Gasteiger partial charge in [0.25, 0.3) is 5.92 Å². The lowest BCUT2D eigenvalue weighted by atomic mass is 9.57. The Hall–Kier alpha value is -1.84. The van der Waals surface area contributed by atoms with Crippen LogP contribution in [0.2, 0.25) is 0 Å². The predicted molar refractivity (Wildman–Crippen MR) is 122 cm³/mol. The molecule has 1 N–H and O–H groups in total. The fourth-order valence-corrected chi connectivity index (χ4v) is 3.80. The molecule has 1 atom stereocenters. The lowest BCUT2D eigenvalue weighted by molar-refractivity contribution is 0.0211. The van der Waals surface area contributed by atoms with Crippen LogP contribution < -0.4 is 5.32 Å². The molecule has 1 aromatic rings. The second-order valence-electron chi connectivity index (χ2n) is 9.50. The van der Waals surface area contributed by atoms with Crippen LogP contribution in [0, 0.1) is 5.41 Å². The van der Waals surface area contributed by atoms with E-state index in [9.17, 15) is 8.78 Å². The van der Waals surface area contributed by atoms with Crippen molar-refractivity contribution in [2.24, 2.45) is 5.41 Å².